The number of β-lactam (4-membered cyclic amide) rings is 1. The van der Waals surface area contributed by atoms with Crippen LogP contribution in [0.3, 0.4) is 0 Å². The van der Waals surface area contributed by atoms with Gasteiger partial charge in [0.15, 0.2) is 5.78 Å². The lowest BCUT2D eigenvalue weighted by atomic mass is 9.79. The van der Waals surface area contributed by atoms with Gasteiger partial charge in [-0.3, -0.25) is 9.59 Å². The number of nitrogens with zero attached hydrogens (tertiary/aromatic N) is 1. The minimum absolute atomic E-state index is 0.0613. The molecule has 0 saturated carbocycles. The van der Waals surface area contributed by atoms with E-state index in [0.29, 0.717) is 12.4 Å². The van der Waals surface area contributed by atoms with Gasteiger partial charge in [0.25, 0.3) is 0 Å². The maximum atomic E-state index is 11.9. The zero-order valence-electron chi connectivity index (χ0n) is 9.86. The Labute approximate surface area is 99.7 Å². The molecular weight excluding hydrogens is 226 g/mol. The Morgan fingerprint density at radius 3 is 2.94 bits per heavy atom. The molecule has 2 aliphatic heterocycles. The fraction of sp³-hybridized carbons (Fsp3) is 0.818. The first-order chi connectivity index (χ1) is 7.49. The molecule has 0 bridgehead atoms. The fourth-order valence-corrected chi connectivity index (χ4v) is 3.05. The second-order valence-electron chi connectivity index (χ2n) is 4.74. The summed E-state index contributed by atoms with van der Waals surface area (Å²) in [6.07, 6.45) is 2.66. The zero-order valence-corrected chi connectivity index (χ0v) is 10.7. The first kappa shape index (κ1) is 11.9. The van der Waals surface area contributed by atoms with E-state index in [2.05, 4.69) is 0 Å². The van der Waals surface area contributed by atoms with E-state index in [-0.39, 0.29) is 17.7 Å². The Bertz CT molecular complexity index is 329. The monoisotopic (exact) mass is 243 g/mol. The van der Waals surface area contributed by atoms with Gasteiger partial charge in [-0.05, 0) is 26.5 Å². The first-order valence-electron chi connectivity index (χ1n) is 5.48. The maximum absolute atomic E-state index is 11.9. The topological polar surface area (TPSA) is 46.6 Å². The van der Waals surface area contributed by atoms with Gasteiger partial charge in [0.1, 0.15) is 11.6 Å². The first-order valence-corrected chi connectivity index (χ1v) is 6.87. The Morgan fingerprint density at radius 1 is 1.62 bits per heavy atom. The van der Waals surface area contributed by atoms with Crippen molar-refractivity contribution < 1.29 is 14.3 Å². The third-order valence-electron chi connectivity index (χ3n) is 3.30. The van der Waals surface area contributed by atoms with Gasteiger partial charge in [-0.2, -0.15) is 11.8 Å². The minimum atomic E-state index is -0.545. The van der Waals surface area contributed by atoms with Crippen molar-refractivity contribution in [1.29, 1.82) is 0 Å². The molecule has 0 aromatic heterocycles. The van der Waals surface area contributed by atoms with Crippen molar-refractivity contribution in [2.75, 3.05) is 18.6 Å². The summed E-state index contributed by atoms with van der Waals surface area (Å²) in [4.78, 5) is 25.5. The highest BCUT2D eigenvalue weighted by molar-refractivity contribution is 7.99. The van der Waals surface area contributed by atoms with E-state index in [4.69, 9.17) is 4.74 Å². The summed E-state index contributed by atoms with van der Waals surface area (Å²) in [5, 5.41) is 0. The number of thioether (sulfide) groups is 1. The van der Waals surface area contributed by atoms with Crippen molar-refractivity contribution in [3.05, 3.63) is 0 Å². The SMILES string of the molecule is CSCC(=O)C1C(=O)N2C1CCOC2(C)C. The van der Waals surface area contributed by atoms with E-state index in [9.17, 15) is 9.59 Å². The summed E-state index contributed by atoms with van der Waals surface area (Å²) in [6, 6.07) is 0.0656. The second-order valence-corrected chi connectivity index (χ2v) is 5.60. The number of ether oxygens (including phenoxy) is 1. The maximum Gasteiger partial charge on any atom is 0.237 e. The van der Waals surface area contributed by atoms with Crippen molar-refractivity contribution in [2.24, 2.45) is 5.92 Å². The summed E-state index contributed by atoms with van der Waals surface area (Å²) in [6.45, 7) is 4.39. The molecule has 16 heavy (non-hydrogen) atoms. The number of Topliss-reactive ketones (excluding diaryl/α,β-unsaturated/α-hetero) is 1. The standard InChI is InChI=1S/C11H17NO3S/c1-11(2)12-7(4-5-15-11)9(10(12)14)8(13)6-16-3/h7,9H,4-6H2,1-3H3. The molecule has 2 unspecified atom stereocenters. The quantitative estimate of drug-likeness (QED) is 0.546. The van der Waals surface area contributed by atoms with E-state index in [0.717, 1.165) is 6.42 Å². The number of amides is 1. The molecule has 2 fully saturated rings. The van der Waals surface area contributed by atoms with Crippen LogP contribution in [0.15, 0.2) is 0 Å². The molecule has 2 aliphatic rings. The Kier molecular flexibility index (Phi) is 3.01. The summed E-state index contributed by atoms with van der Waals surface area (Å²) in [5.41, 5.74) is -0.545. The van der Waals surface area contributed by atoms with Gasteiger partial charge in [0.2, 0.25) is 5.91 Å². The third kappa shape index (κ3) is 1.66. The second kappa shape index (κ2) is 4.04. The van der Waals surface area contributed by atoms with Gasteiger partial charge in [-0.1, -0.05) is 0 Å². The number of fused-ring (bicyclic) bond motifs is 1. The van der Waals surface area contributed by atoms with Gasteiger partial charge in [-0.25, -0.2) is 0 Å². The van der Waals surface area contributed by atoms with Crippen molar-refractivity contribution in [3.63, 3.8) is 0 Å². The van der Waals surface area contributed by atoms with Crippen LogP contribution < -0.4 is 0 Å². The lowest BCUT2D eigenvalue weighted by molar-refractivity contribution is -0.230. The van der Waals surface area contributed by atoms with Gasteiger partial charge in [-0.15, -0.1) is 0 Å². The Balaban J connectivity index is 2.11. The lowest BCUT2D eigenvalue weighted by Crippen LogP contribution is -2.73. The van der Waals surface area contributed by atoms with Crippen LogP contribution in [-0.4, -0.2) is 47.0 Å². The van der Waals surface area contributed by atoms with Gasteiger partial charge in [0, 0.05) is 0 Å². The molecule has 90 valence electrons. The largest absolute Gasteiger partial charge is 0.356 e. The van der Waals surface area contributed by atoms with Crippen LogP contribution in [0.5, 0.6) is 0 Å². The Morgan fingerprint density at radius 2 is 2.31 bits per heavy atom. The number of carbonyl (C=O) groups excluding carboxylic acids is 2. The molecule has 2 rings (SSSR count). The van der Waals surface area contributed by atoms with Crippen molar-refractivity contribution in [2.45, 2.75) is 32.0 Å². The summed E-state index contributed by atoms with van der Waals surface area (Å²) >= 11 is 1.48. The van der Waals surface area contributed by atoms with Crippen molar-refractivity contribution in [1.82, 2.24) is 4.90 Å². The van der Waals surface area contributed by atoms with E-state index in [1.807, 2.05) is 20.1 Å². The number of carbonyl (C=O) groups is 2. The van der Waals surface area contributed by atoms with Gasteiger partial charge < -0.3 is 9.64 Å². The molecule has 2 saturated heterocycles. The number of hydrogen-bond donors (Lipinski definition) is 0. The van der Waals surface area contributed by atoms with Crippen molar-refractivity contribution in [3.8, 4) is 0 Å². The average molecular weight is 243 g/mol. The van der Waals surface area contributed by atoms with Crippen LogP contribution in [0.25, 0.3) is 0 Å². The van der Waals surface area contributed by atoms with Crippen LogP contribution in [0, 0.1) is 5.92 Å². The molecule has 0 radical (unpaired) electrons. The predicted molar refractivity (Wildman–Crippen MR) is 62.2 cm³/mol. The van der Waals surface area contributed by atoms with Crippen LogP contribution in [0.4, 0.5) is 0 Å². The number of ketones is 1. The normalized spacial score (nSPS) is 31.9. The third-order valence-corrected chi connectivity index (χ3v) is 3.88. The van der Waals surface area contributed by atoms with E-state index in [1.54, 1.807) is 4.90 Å². The minimum Gasteiger partial charge on any atom is -0.356 e. The highest BCUT2D eigenvalue weighted by Gasteiger charge is 2.57. The van der Waals surface area contributed by atoms with E-state index >= 15 is 0 Å². The average Bonchev–Trinajstić information content (AvgIpc) is 2.15. The molecule has 0 spiro atoms. The van der Waals surface area contributed by atoms with Crippen LogP contribution in [0.1, 0.15) is 20.3 Å². The highest BCUT2D eigenvalue weighted by Crippen LogP contribution is 2.40. The summed E-state index contributed by atoms with van der Waals surface area (Å²) < 4.78 is 5.55. The molecule has 5 heteroatoms. The number of hydrogen-bond acceptors (Lipinski definition) is 4. The predicted octanol–water partition coefficient (Wildman–Crippen LogP) is 0.902. The molecule has 0 aliphatic carbocycles. The summed E-state index contributed by atoms with van der Waals surface area (Å²) in [5.74, 6) is 0.0306. The van der Waals surface area contributed by atoms with Crippen LogP contribution in [-0.2, 0) is 14.3 Å². The Hall–Kier alpha value is -0.550. The molecule has 0 N–H and O–H groups in total. The van der Waals surface area contributed by atoms with Gasteiger partial charge in [0.05, 0.1) is 18.4 Å². The molecule has 4 nitrogen and oxygen atoms in total. The van der Waals surface area contributed by atoms with Crippen LogP contribution in [0.2, 0.25) is 0 Å². The fourth-order valence-electron chi connectivity index (χ4n) is 2.59. The highest BCUT2D eigenvalue weighted by atomic mass is 32.2. The van der Waals surface area contributed by atoms with Crippen LogP contribution >= 0.6 is 11.8 Å². The number of rotatable bonds is 3. The molecule has 2 atom stereocenters. The molecular formula is C11H17NO3S. The zero-order chi connectivity index (χ0) is 11.9. The van der Waals surface area contributed by atoms with Crippen molar-refractivity contribution >= 4 is 23.5 Å². The van der Waals surface area contributed by atoms with E-state index < -0.39 is 11.6 Å². The molecule has 1 amide bonds. The van der Waals surface area contributed by atoms with E-state index in [1.165, 1.54) is 11.8 Å². The lowest BCUT2D eigenvalue weighted by Gasteiger charge is -2.56. The molecule has 0 aromatic rings. The smallest absolute Gasteiger partial charge is 0.237 e. The summed E-state index contributed by atoms with van der Waals surface area (Å²) in [7, 11) is 0. The molecule has 0 aromatic carbocycles. The molecule has 2 heterocycles. The van der Waals surface area contributed by atoms with Gasteiger partial charge >= 0.3 is 0 Å².